The van der Waals surface area contributed by atoms with E-state index in [0.29, 0.717) is 11.8 Å². The Balaban J connectivity index is 2.03. The minimum Gasteiger partial charge on any atom is -0.502 e. The number of phenols is 1. The molecule has 2 aromatic rings. The smallest absolute Gasteiger partial charge is 0.336 e. The summed E-state index contributed by atoms with van der Waals surface area (Å²) in [6.07, 6.45) is 0.0546. The second kappa shape index (κ2) is 4.76. The fraction of sp³-hybridized carbons (Fsp3) is 0.375. The van der Waals surface area contributed by atoms with Crippen LogP contribution < -0.4 is 10.4 Å². The van der Waals surface area contributed by atoms with Gasteiger partial charge >= 0.3 is 11.6 Å². The van der Waals surface area contributed by atoms with Crippen LogP contribution in [0.15, 0.2) is 27.4 Å². The molecule has 1 atom stereocenters. The van der Waals surface area contributed by atoms with Crippen LogP contribution in [0, 0.1) is 0 Å². The maximum Gasteiger partial charge on any atom is 0.336 e. The summed E-state index contributed by atoms with van der Waals surface area (Å²) in [7, 11) is 0. The van der Waals surface area contributed by atoms with E-state index in [1.165, 1.54) is 13.0 Å². The van der Waals surface area contributed by atoms with E-state index in [9.17, 15) is 14.7 Å². The summed E-state index contributed by atoms with van der Waals surface area (Å²) in [6, 6.07) is 4.69. The SMILES string of the molecule is CC(=O)OC(C)(C)[C@@H]1Cc2cc3ccc(=O)oc3c(O)c2O1. The minimum atomic E-state index is -0.843. The molecule has 1 aromatic heterocycles. The Kier molecular flexibility index (Phi) is 3.12. The maximum absolute atomic E-state index is 11.3. The molecular formula is C16H16O6. The topological polar surface area (TPSA) is 86.0 Å². The third-order valence-corrected chi connectivity index (χ3v) is 3.76. The van der Waals surface area contributed by atoms with Crippen molar-refractivity contribution >= 4 is 16.9 Å². The summed E-state index contributed by atoms with van der Waals surface area (Å²) < 4.78 is 16.1. The van der Waals surface area contributed by atoms with Crippen molar-refractivity contribution in [2.24, 2.45) is 0 Å². The highest BCUT2D eigenvalue weighted by Crippen LogP contribution is 2.44. The first kappa shape index (κ1) is 14.4. The van der Waals surface area contributed by atoms with Gasteiger partial charge in [0.2, 0.25) is 5.75 Å². The number of esters is 1. The second-order valence-electron chi connectivity index (χ2n) is 5.89. The molecular weight excluding hydrogens is 288 g/mol. The molecule has 1 N–H and O–H groups in total. The molecule has 0 unspecified atom stereocenters. The highest BCUT2D eigenvalue weighted by atomic mass is 16.6. The molecule has 2 heterocycles. The summed E-state index contributed by atoms with van der Waals surface area (Å²) in [6.45, 7) is 4.84. The Morgan fingerprint density at radius 1 is 1.41 bits per heavy atom. The molecule has 6 heteroatoms. The molecule has 1 aromatic carbocycles. The Labute approximate surface area is 126 Å². The van der Waals surface area contributed by atoms with Gasteiger partial charge in [0.15, 0.2) is 11.3 Å². The van der Waals surface area contributed by atoms with E-state index in [0.717, 1.165) is 5.56 Å². The monoisotopic (exact) mass is 304 g/mol. The molecule has 1 aliphatic rings. The zero-order chi connectivity index (χ0) is 16.1. The number of rotatable bonds is 2. The van der Waals surface area contributed by atoms with Crippen molar-refractivity contribution in [3.05, 3.63) is 34.2 Å². The van der Waals surface area contributed by atoms with E-state index < -0.39 is 23.3 Å². The number of hydrogen-bond acceptors (Lipinski definition) is 6. The highest BCUT2D eigenvalue weighted by Gasteiger charge is 2.40. The molecule has 3 rings (SSSR count). The molecule has 0 saturated carbocycles. The van der Waals surface area contributed by atoms with Crippen molar-refractivity contribution in [1.82, 2.24) is 0 Å². The lowest BCUT2D eigenvalue weighted by molar-refractivity contribution is -0.161. The second-order valence-corrected chi connectivity index (χ2v) is 5.89. The standard InChI is InChI=1S/C16H16O6/c1-8(17)22-16(2,3)11-7-10-6-9-4-5-12(18)21-14(9)13(19)15(10)20-11/h4-6,11,19H,7H2,1-3H3/t11-/m0/s1. The minimum absolute atomic E-state index is 0.0946. The van der Waals surface area contributed by atoms with Crippen LogP contribution in [0.3, 0.4) is 0 Å². The van der Waals surface area contributed by atoms with Crippen molar-refractivity contribution in [3.63, 3.8) is 0 Å². The zero-order valence-corrected chi connectivity index (χ0v) is 12.5. The van der Waals surface area contributed by atoms with Gasteiger partial charge in [-0.05, 0) is 26.0 Å². The lowest BCUT2D eigenvalue weighted by Crippen LogP contribution is -2.43. The number of phenolic OH excluding ortho intramolecular Hbond substituents is 1. The average molecular weight is 304 g/mol. The predicted octanol–water partition coefficient (Wildman–Crippen LogP) is 2.14. The van der Waals surface area contributed by atoms with Gasteiger partial charge in [-0.3, -0.25) is 4.79 Å². The summed E-state index contributed by atoms with van der Waals surface area (Å²) in [4.78, 5) is 22.5. The fourth-order valence-corrected chi connectivity index (χ4v) is 2.72. The van der Waals surface area contributed by atoms with Crippen LogP contribution in [0.5, 0.6) is 11.5 Å². The van der Waals surface area contributed by atoms with E-state index in [1.807, 2.05) is 0 Å². The third kappa shape index (κ3) is 2.30. The predicted molar refractivity (Wildman–Crippen MR) is 78.1 cm³/mol. The summed E-state index contributed by atoms with van der Waals surface area (Å²) in [5.74, 6) is -0.330. The van der Waals surface area contributed by atoms with Crippen LogP contribution in [-0.2, 0) is 16.0 Å². The van der Waals surface area contributed by atoms with Crippen LogP contribution in [0.1, 0.15) is 26.3 Å². The first-order chi connectivity index (χ1) is 10.3. The van der Waals surface area contributed by atoms with Crippen molar-refractivity contribution in [3.8, 4) is 11.5 Å². The molecule has 22 heavy (non-hydrogen) atoms. The van der Waals surface area contributed by atoms with E-state index >= 15 is 0 Å². The van der Waals surface area contributed by atoms with Crippen molar-refractivity contribution in [2.45, 2.75) is 38.9 Å². The van der Waals surface area contributed by atoms with Crippen LogP contribution in [0.2, 0.25) is 0 Å². The largest absolute Gasteiger partial charge is 0.502 e. The van der Waals surface area contributed by atoms with Crippen LogP contribution >= 0.6 is 0 Å². The number of fused-ring (bicyclic) bond motifs is 2. The van der Waals surface area contributed by atoms with E-state index in [1.54, 1.807) is 26.0 Å². The van der Waals surface area contributed by atoms with Crippen molar-refractivity contribution in [2.75, 3.05) is 0 Å². The van der Waals surface area contributed by atoms with Crippen LogP contribution in [0.25, 0.3) is 11.0 Å². The Morgan fingerprint density at radius 3 is 2.82 bits per heavy atom. The molecule has 0 saturated heterocycles. The molecule has 0 radical (unpaired) electrons. The van der Waals surface area contributed by atoms with Gasteiger partial charge in [0.25, 0.3) is 0 Å². The van der Waals surface area contributed by atoms with Gasteiger partial charge < -0.3 is 19.0 Å². The Morgan fingerprint density at radius 2 is 2.14 bits per heavy atom. The quantitative estimate of drug-likeness (QED) is 0.676. The average Bonchev–Trinajstić information content (AvgIpc) is 2.83. The van der Waals surface area contributed by atoms with E-state index in [4.69, 9.17) is 13.9 Å². The molecule has 0 spiro atoms. The molecule has 1 aliphatic heterocycles. The number of aromatic hydroxyl groups is 1. The van der Waals surface area contributed by atoms with Crippen molar-refractivity contribution in [1.29, 1.82) is 0 Å². The van der Waals surface area contributed by atoms with E-state index in [2.05, 4.69) is 0 Å². The number of hydrogen-bond donors (Lipinski definition) is 1. The normalized spacial score (nSPS) is 17.1. The van der Waals surface area contributed by atoms with Gasteiger partial charge in [-0.1, -0.05) is 0 Å². The molecule has 116 valence electrons. The van der Waals surface area contributed by atoms with Crippen LogP contribution in [0.4, 0.5) is 0 Å². The van der Waals surface area contributed by atoms with Crippen molar-refractivity contribution < 1.29 is 23.8 Å². The first-order valence-corrected chi connectivity index (χ1v) is 6.93. The maximum atomic E-state index is 11.3. The first-order valence-electron chi connectivity index (χ1n) is 6.93. The third-order valence-electron chi connectivity index (χ3n) is 3.76. The molecule has 6 nitrogen and oxygen atoms in total. The van der Waals surface area contributed by atoms with Gasteiger partial charge in [-0.15, -0.1) is 0 Å². The summed E-state index contributed by atoms with van der Waals surface area (Å²) in [5.41, 5.74) is -0.511. The molecule has 0 fully saturated rings. The van der Waals surface area contributed by atoms with E-state index in [-0.39, 0.29) is 17.1 Å². The fourth-order valence-electron chi connectivity index (χ4n) is 2.72. The number of carbonyl (C=O) groups excluding carboxylic acids is 1. The number of ether oxygens (including phenoxy) is 2. The number of carbonyl (C=O) groups is 1. The molecule has 0 bridgehead atoms. The van der Waals surface area contributed by atoms with Gasteiger partial charge in [0, 0.05) is 30.4 Å². The lowest BCUT2D eigenvalue weighted by Gasteiger charge is -2.30. The molecule has 0 aliphatic carbocycles. The van der Waals surface area contributed by atoms with Gasteiger partial charge in [0.05, 0.1) is 0 Å². The van der Waals surface area contributed by atoms with Gasteiger partial charge in [0.1, 0.15) is 11.7 Å². The van der Waals surface area contributed by atoms with Crippen LogP contribution in [-0.4, -0.2) is 22.8 Å². The Hall–Kier alpha value is -2.50. The summed E-state index contributed by atoms with van der Waals surface area (Å²) >= 11 is 0. The van der Waals surface area contributed by atoms with Gasteiger partial charge in [-0.2, -0.15) is 0 Å². The Bertz CT molecular complexity index is 817. The zero-order valence-electron chi connectivity index (χ0n) is 12.5. The highest BCUT2D eigenvalue weighted by molar-refractivity contribution is 5.86. The number of benzene rings is 1. The van der Waals surface area contributed by atoms with Gasteiger partial charge in [-0.25, -0.2) is 4.79 Å². The lowest BCUT2D eigenvalue weighted by atomic mass is 9.96. The molecule has 0 amide bonds. The summed E-state index contributed by atoms with van der Waals surface area (Å²) in [5, 5.41) is 10.9.